The first-order valence-electron chi connectivity index (χ1n) is 13.3. The third-order valence-electron chi connectivity index (χ3n) is 5.68. The van der Waals surface area contributed by atoms with E-state index in [0.29, 0.717) is 0 Å². The topological polar surface area (TPSA) is 62.0 Å². The molecule has 0 aliphatic carbocycles. The van der Waals surface area contributed by atoms with E-state index in [1.165, 1.54) is 43.5 Å². The Morgan fingerprint density at radius 1 is 1.16 bits per heavy atom. The molecule has 0 amide bonds. The van der Waals surface area contributed by atoms with Crippen LogP contribution in [0.25, 0.3) is 0 Å². The maximum atomic E-state index is 13.1. The van der Waals surface area contributed by atoms with Crippen LogP contribution in [-0.4, -0.2) is 34.4 Å². The summed E-state index contributed by atoms with van der Waals surface area (Å²) >= 11 is 0. The van der Waals surface area contributed by atoms with Gasteiger partial charge in [0.2, 0.25) is 0 Å². The summed E-state index contributed by atoms with van der Waals surface area (Å²) in [7, 11) is 0. The number of benzene rings is 1. The number of hydrogen-bond acceptors (Lipinski definition) is 4. The third-order valence-corrected chi connectivity index (χ3v) is 5.68. The van der Waals surface area contributed by atoms with Crippen LogP contribution in [0.4, 0.5) is 8.78 Å². The molecule has 2 rings (SSSR count). The Balaban J connectivity index is 0.000000594. The fraction of sp³-hybridized carbons (Fsp3) is 0.581. The number of aliphatic hydroxyl groups is 2. The van der Waals surface area contributed by atoms with Crippen molar-refractivity contribution in [2.24, 2.45) is 4.99 Å². The fourth-order valence-electron chi connectivity index (χ4n) is 3.80. The molecule has 0 radical (unpaired) electrons. The maximum Gasteiger partial charge on any atom is 0.159 e. The number of nitrogens with zero attached hydrogens (tertiary/aromatic N) is 1. The van der Waals surface area contributed by atoms with Crippen LogP contribution in [0.3, 0.4) is 0 Å². The third kappa shape index (κ3) is 15.6. The summed E-state index contributed by atoms with van der Waals surface area (Å²) in [6, 6.07) is 4.08. The molecule has 0 bridgehead atoms. The minimum Gasteiger partial charge on any atom is -0.375 e. The van der Waals surface area contributed by atoms with Crippen molar-refractivity contribution in [1.29, 1.82) is 0 Å². The molecular weight excluding hydrogens is 472 g/mol. The van der Waals surface area contributed by atoms with Gasteiger partial charge in [0.25, 0.3) is 0 Å². The van der Waals surface area contributed by atoms with Gasteiger partial charge < -0.3 is 14.9 Å². The Kier molecular flexibility index (Phi) is 17.1. The summed E-state index contributed by atoms with van der Waals surface area (Å²) in [5.41, 5.74) is 4.47. The van der Waals surface area contributed by atoms with Gasteiger partial charge in [0.1, 0.15) is 0 Å². The summed E-state index contributed by atoms with van der Waals surface area (Å²) in [5, 5.41) is 16.2. The maximum absolute atomic E-state index is 13.1. The minimum atomic E-state index is -1.50. The molecule has 0 saturated carbocycles. The van der Waals surface area contributed by atoms with Crippen LogP contribution in [0.1, 0.15) is 106 Å². The number of hydrogen-bond donors (Lipinski definition) is 2. The van der Waals surface area contributed by atoms with E-state index < -0.39 is 17.4 Å². The highest BCUT2D eigenvalue weighted by Gasteiger charge is 2.28. The number of halogens is 2. The highest BCUT2D eigenvalue weighted by Crippen LogP contribution is 2.31. The largest absolute Gasteiger partial charge is 0.375 e. The zero-order valence-corrected chi connectivity index (χ0v) is 24.3. The van der Waals surface area contributed by atoms with Gasteiger partial charge in [-0.2, -0.15) is 0 Å². The molecule has 3 unspecified atom stereocenters. The second-order valence-corrected chi connectivity index (χ2v) is 9.89. The van der Waals surface area contributed by atoms with Crippen molar-refractivity contribution in [2.75, 3.05) is 0 Å². The van der Waals surface area contributed by atoms with Gasteiger partial charge in [-0.05, 0) is 96.1 Å². The van der Waals surface area contributed by atoms with E-state index in [1.807, 2.05) is 27.0 Å². The SMILES string of the molecule is CC(C)(O)O.CC1CCC(C(C)c2ccc(F)c(F)c2)O1.CC=N/C(C)=C(/C=C\CCC)C(\C)=C\CC. The molecular formula is C31H49F2NO3. The fourth-order valence-corrected chi connectivity index (χ4v) is 3.80. The first kappa shape index (κ1) is 34.9. The lowest BCUT2D eigenvalue weighted by Crippen LogP contribution is -2.16. The van der Waals surface area contributed by atoms with Crippen molar-refractivity contribution in [3.05, 3.63) is 70.5 Å². The number of aliphatic imine (C=N–C) groups is 1. The first-order valence-corrected chi connectivity index (χ1v) is 13.3. The van der Waals surface area contributed by atoms with Crippen molar-refractivity contribution in [3.8, 4) is 0 Å². The first-order chi connectivity index (χ1) is 17.2. The zero-order valence-electron chi connectivity index (χ0n) is 24.3. The molecule has 4 nitrogen and oxygen atoms in total. The standard InChI is InChI=1S/C15H25N.C13H16F2O.C3H8O2/c1-6-9-10-12-15(13(4)11-7-2)14(5)16-8-3;1-8-3-6-13(16-8)9(2)10-4-5-11(14)12(15)7-10;1-3(2,4)5/h8,10-12H,6-7,9H2,1-5H3;4-5,7-9,13H,3,6H2,1-2H3;4-5H,1-2H3/b12-10-,13-11+,15-14-,16-8?;;. The van der Waals surface area contributed by atoms with E-state index in [0.717, 1.165) is 36.9 Å². The van der Waals surface area contributed by atoms with Gasteiger partial charge in [-0.3, -0.25) is 4.99 Å². The molecule has 1 aromatic rings. The lowest BCUT2D eigenvalue weighted by atomic mass is 9.93. The molecule has 1 aliphatic heterocycles. The summed E-state index contributed by atoms with van der Waals surface area (Å²) in [6.07, 6.45) is 14.4. The van der Waals surface area contributed by atoms with Crippen LogP contribution in [0.5, 0.6) is 0 Å². The van der Waals surface area contributed by atoms with Crippen LogP contribution < -0.4 is 0 Å². The quantitative estimate of drug-likeness (QED) is 0.205. The number of rotatable bonds is 8. The molecule has 37 heavy (non-hydrogen) atoms. The molecule has 1 aliphatic rings. The molecule has 0 spiro atoms. The number of unbranched alkanes of at least 4 members (excludes halogenated alkanes) is 1. The lowest BCUT2D eigenvalue weighted by Gasteiger charge is -2.20. The summed E-state index contributed by atoms with van der Waals surface area (Å²) in [5.74, 6) is -2.97. The second kappa shape index (κ2) is 18.2. The van der Waals surface area contributed by atoms with Gasteiger partial charge >= 0.3 is 0 Å². The van der Waals surface area contributed by atoms with E-state index >= 15 is 0 Å². The van der Waals surface area contributed by atoms with Gasteiger partial charge in [0.05, 0.1) is 12.2 Å². The molecule has 1 aromatic carbocycles. The van der Waals surface area contributed by atoms with Gasteiger partial charge in [0, 0.05) is 17.8 Å². The summed E-state index contributed by atoms with van der Waals surface area (Å²) in [6.45, 7) is 17.2. The average Bonchev–Trinajstić information content (AvgIpc) is 3.24. The van der Waals surface area contributed by atoms with Crippen LogP contribution in [-0.2, 0) is 4.74 Å². The van der Waals surface area contributed by atoms with Crippen molar-refractivity contribution in [2.45, 2.75) is 118 Å². The van der Waals surface area contributed by atoms with Gasteiger partial charge in [0.15, 0.2) is 17.4 Å². The Morgan fingerprint density at radius 2 is 1.78 bits per heavy atom. The van der Waals surface area contributed by atoms with Gasteiger partial charge in [-0.1, -0.05) is 51.5 Å². The lowest BCUT2D eigenvalue weighted by molar-refractivity contribution is -0.127. The highest BCUT2D eigenvalue weighted by atomic mass is 19.2. The molecule has 0 aromatic heterocycles. The molecule has 1 fully saturated rings. The molecule has 210 valence electrons. The van der Waals surface area contributed by atoms with Crippen molar-refractivity contribution in [1.82, 2.24) is 0 Å². The molecule has 1 saturated heterocycles. The average molecular weight is 522 g/mol. The monoisotopic (exact) mass is 521 g/mol. The van der Waals surface area contributed by atoms with Crippen molar-refractivity contribution in [3.63, 3.8) is 0 Å². The Labute approximate surface area is 223 Å². The Hall–Kier alpha value is -2.15. The van der Waals surface area contributed by atoms with E-state index in [2.05, 4.69) is 50.9 Å². The van der Waals surface area contributed by atoms with E-state index in [4.69, 9.17) is 14.9 Å². The van der Waals surface area contributed by atoms with Gasteiger partial charge in [-0.25, -0.2) is 8.78 Å². The van der Waals surface area contributed by atoms with Crippen LogP contribution in [0.15, 0.2) is 58.3 Å². The van der Waals surface area contributed by atoms with Crippen LogP contribution in [0.2, 0.25) is 0 Å². The Morgan fingerprint density at radius 3 is 2.24 bits per heavy atom. The van der Waals surface area contributed by atoms with Crippen LogP contribution >= 0.6 is 0 Å². The zero-order chi connectivity index (χ0) is 28.6. The molecule has 1 heterocycles. The smallest absolute Gasteiger partial charge is 0.159 e. The van der Waals surface area contributed by atoms with Crippen molar-refractivity contribution < 1.29 is 23.7 Å². The summed E-state index contributed by atoms with van der Waals surface area (Å²) in [4.78, 5) is 4.37. The normalized spacial score (nSPS) is 19.8. The highest BCUT2D eigenvalue weighted by molar-refractivity contribution is 5.56. The number of allylic oxidation sites excluding steroid dienone is 6. The Bertz CT molecular complexity index is 908. The van der Waals surface area contributed by atoms with Gasteiger partial charge in [-0.15, -0.1) is 0 Å². The predicted molar refractivity (Wildman–Crippen MR) is 152 cm³/mol. The second-order valence-electron chi connectivity index (χ2n) is 9.89. The van der Waals surface area contributed by atoms with E-state index in [9.17, 15) is 8.78 Å². The van der Waals surface area contributed by atoms with Crippen molar-refractivity contribution >= 4 is 6.21 Å². The molecule has 6 heteroatoms. The van der Waals surface area contributed by atoms with E-state index in [-0.39, 0.29) is 18.1 Å². The minimum absolute atomic E-state index is 0.111. The van der Waals surface area contributed by atoms with Crippen LogP contribution in [0, 0.1) is 11.6 Å². The summed E-state index contributed by atoms with van der Waals surface area (Å²) < 4.78 is 31.6. The molecule has 2 N–H and O–H groups in total. The predicted octanol–water partition coefficient (Wildman–Crippen LogP) is 8.41. The molecule has 3 atom stereocenters. The number of ether oxygens (including phenoxy) is 1. The van der Waals surface area contributed by atoms with E-state index in [1.54, 1.807) is 6.07 Å².